The summed E-state index contributed by atoms with van der Waals surface area (Å²) in [4.78, 5) is 0. The van der Waals surface area contributed by atoms with Crippen LogP contribution in [0.25, 0.3) is 10.9 Å². The van der Waals surface area contributed by atoms with Crippen LogP contribution >= 0.6 is 0 Å². The summed E-state index contributed by atoms with van der Waals surface area (Å²) in [5.41, 5.74) is 3.28. The first-order valence-electron chi connectivity index (χ1n) is 6.04. The number of aromatic amines is 1. The minimum atomic E-state index is 0.762. The number of fused-ring (bicyclic) bond motifs is 1. The van der Waals surface area contributed by atoms with Crippen molar-refractivity contribution in [2.24, 2.45) is 0 Å². The van der Waals surface area contributed by atoms with Crippen LogP contribution in [0.4, 0.5) is 5.69 Å². The van der Waals surface area contributed by atoms with Crippen molar-refractivity contribution >= 4 is 16.6 Å². The molecule has 3 rings (SSSR count). The average Bonchev–Trinajstić information content (AvgIpc) is 3.05. The van der Waals surface area contributed by atoms with Crippen molar-refractivity contribution in [3.05, 3.63) is 42.4 Å². The van der Waals surface area contributed by atoms with E-state index < -0.39 is 0 Å². The van der Waals surface area contributed by atoms with E-state index in [2.05, 4.69) is 33.7 Å². The number of aryl methyl sites for hydroxylation is 1. The lowest BCUT2D eigenvalue weighted by molar-refractivity contribution is 0.659. The molecule has 0 aliphatic carbocycles. The van der Waals surface area contributed by atoms with E-state index in [1.807, 2.05) is 35.3 Å². The van der Waals surface area contributed by atoms with Gasteiger partial charge in [-0.05, 0) is 13.0 Å². The van der Waals surface area contributed by atoms with Crippen LogP contribution in [0.5, 0.6) is 0 Å². The summed E-state index contributed by atoms with van der Waals surface area (Å²) < 4.78 is 1.92. The third kappa shape index (κ3) is 1.95. The zero-order valence-electron chi connectivity index (χ0n) is 10.2. The molecule has 0 saturated heterocycles. The third-order valence-electron chi connectivity index (χ3n) is 2.97. The summed E-state index contributed by atoms with van der Waals surface area (Å²) in [5.74, 6) is 0. The Labute approximate surface area is 105 Å². The van der Waals surface area contributed by atoms with Crippen molar-refractivity contribution in [1.82, 2.24) is 20.0 Å². The van der Waals surface area contributed by atoms with Crippen LogP contribution < -0.4 is 5.32 Å². The number of H-pyrrole nitrogens is 1. The van der Waals surface area contributed by atoms with Gasteiger partial charge in [0.25, 0.3) is 0 Å². The van der Waals surface area contributed by atoms with Crippen LogP contribution in [0, 0.1) is 0 Å². The summed E-state index contributed by atoms with van der Waals surface area (Å²) in [5, 5.41) is 15.8. The number of hydrogen-bond donors (Lipinski definition) is 2. The van der Waals surface area contributed by atoms with Crippen LogP contribution in [0.2, 0.25) is 0 Å². The van der Waals surface area contributed by atoms with Gasteiger partial charge in [0, 0.05) is 30.2 Å². The molecule has 0 aliphatic heterocycles. The van der Waals surface area contributed by atoms with E-state index in [1.165, 1.54) is 5.56 Å². The number of para-hydroxylation sites is 1. The second-order valence-corrected chi connectivity index (χ2v) is 4.20. The molecule has 2 heterocycles. The van der Waals surface area contributed by atoms with Crippen LogP contribution in [0.15, 0.2) is 36.8 Å². The van der Waals surface area contributed by atoms with Crippen LogP contribution in [0.1, 0.15) is 12.5 Å². The molecule has 2 N–H and O–H groups in total. The molecule has 0 radical (unpaired) electrons. The number of nitrogens with zero attached hydrogens (tertiary/aromatic N) is 3. The fraction of sp³-hybridized carbons (Fsp3) is 0.231. The van der Waals surface area contributed by atoms with E-state index in [0.717, 1.165) is 29.7 Å². The molecule has 3 aromatic rings. The minimum Gasteiger partial charge on any atom is -0.379 e. The lowest BCUT2D eigenvalue weighted by Gasteiger charge is -2.05. The minimum absolute atomic E-state index is 0.762. The second kappa shape index (κ2) is 4.52. The summed E-state index contributed by atoms with van der Waals surface area (Å²) in [7, 11) is 0. The fourth-order valence-electron chi connectivity index (χ4n) is 1.98. The Bertz CT molecular complexity index is 652. The predicted molar refractivity (Wildman–Crippen MR) is 71.3 cm³/mol. The monoisotopic (exact) mass is 241 g/mol. The Balaban J connectivity index is 1.78. The molecule has 0 unspecified atom stereocenters. The number of hydrogen-bond acceptors (Lipinski definition) is 3. The number of anilines is 1. The molecular formula is C13H15N5. The Morgan fingerprint density at radius 3 is 3.11 bits per heavy atom. The Morgan fingerprint density at radius 2 is 2.28 bits per heavy atom. The Kier molecular flexibility index (Phi) is 2.72. The van der Waals surface area contributed by atoms with Crippen LogP contribution in [0.3, 0.4) is 0 Å². The highest BCUT2D eigenvalue weighted by Gasteiger charge is 2.03. The summed E-state index contributed by atoms with van der Waals surface area (Å²) >= 11 is 0. The zero-order valence-corrected chi connectivity index (χ0v) is 10.2. The van der Waals surface area contributed by atoms with E-state index in [0.29, 0.717) is 0 Å². The third-order valence-corrected chi connectivity index (χ3v) is 2.97. The highest BCUT2D eigenvalue weighted by molar-refractivity contribution is 5.89. The molecule has 0 spiro atoms. The van der Waals surface area contributed by atoms with Gasteiger partial charge in [0.15, 0.2) is 0 Å². The van der Waals surface area contributed by atoms with Crippen molar-refractivity contribution in [3.63, 3.8) is 0 Å². The van der Waals surface area contributed by atoms with Crippen LogP contribution in [-0.4, -0.2) is 20.0 Å². The van der Waals surface area contributed by atoms with Crippen molar-refractivity contribution in [2.75, 3.05) is 5.32 Å². The number of benzene rings is 1. The summed E-state index contributed by atoms with van der Waals surface area (Å²) in [6.45, 7) is 3.74. The molecule has 2 aromatic heterocycles. The molecule has 1 aromatic carbocycles. The zero-order chi connectivity index (χ0) is 12.4. The molecule has 0 atom stereocenters. The predicted octanol–water partition coefficient (Wildman–Crippen LogP) is 2.39. The molecule has 0 aliphatic rings. The standard InChI is InChI=1S/C13H15N5/c1-2-18-9-10(7-16-18)6-14-12-5-3-4-11-8-15-17-13(11)12/h3-5,7-9,14H,2,6H2,1H3,(H,15,17). The lowest BCUT2D eigenvalue weighted by Crippen LogP contribution is -1.99. The number of nitrogens with one attached hydrogen (secondary N) is 2. The van der Waals surface area contributed by atoms with E-state index in [1.54, 1.807) is 0 Å². The SMILES string of the molecule is CCn1cc(CNc2cccc3cn[nH]c23)cn1. The van der Waals surface area contributed by atoms with Crippen molar-refractivity contribution in [1.29, 1.82) is 0 Å². The van der Waals surface area contributed by atoms with E-state index in [9.17, 15) is 0 Å². The van der Waals surface area contributed by atoms with E-state index in [4.69, 9.17) is 0 Å². The molecule has 0 fully saturated rings. The number of rotatable bonds is 4. The second-order valence-electron chi connectivity index (χ2n) is 4.20. The molecule has 5 heteroatoms. The maximum absolute atomic E-state index is 4.26. The highest BCUT2D eigenvalue weighted by Crippen LogP contribution is 2.20. The van der Waals surface area contributed by atoms with Crippen molar-refractivity contribution in [3.8, 4) is 0 Å². The quantitative estimate of drug-likeness (QED) is 0.737. The first-order chi connectivity index (χ1) is 8.86. The Morgan fingerprint density at radius 1 is 1.33 bits per heavy atom. The van der Waals surface area contributed by atoms with Gasteiger partial charge in [-0.15, -0.1) is 0 Å². The molecule has 5 nitrogen and oxygen atoms in total. The molecular weight excluding hydrogens is 226 g/mol. The van der Waals surface area contributed by atoms with Gasteiger partial charge < -0.3 is 5.32 Å². The molecule has 0 saturated carbocycles. The van der Waals surface area contributed by atoms with Gasteiger partial charge in [-0.3, -0.25) is 9.78 Å². The van der Waals surface area contributed by atoms with Gasteiger partial charge in [0.2, 0.25) is 0 Å². The summed E-state index contributed by atoms with van der Waals surface area (Å²) in [6.07, 6.45) is 5.78. The Hall–Kier alpha value is -2.30. The van der Waals surface area contributed by atoms with Gasteiger partial charge >= 0.3 is 0 Å². The molecule has 0 bridgehead atoms. The normalized spacial score (nSPS) is 10.9. The number of aromatic nitrogens is 4. The topological polar surface area (TPSA) is 58.5 Å². The van der Waals surface area contributed by atoms with Crippen LogP contribution in [-0.2, 0) is 13.1 Å². The van der Waals surface area contributed by atoms with Gasteiger partial charge in [0.1, 0.15) is 0 Å². The maximum Gasteiger partial charge on any atom is 0.0881 e. The fourth-order valence-corrected chi connectivity index (χ4v) is 1.98. The first kappa shape index (κ1) is 10.8. The average molecular weight is 241 g/mol. The lowest BCUT2D eigenvalue weighted by atomic mass is 10.2. The van der Waals surface area contributed by atoms with Crippen molar-refractivity contribution < 1.29 is 0 Å². The molecule has 18 heavy (non-hydrogen) atoms. The first-order valence-corrected chi connectivity index (χ1v) is 6.04. The molecule has 0 amide bonds. The highest BCUT2D eigenvalue weighted by atomic mass is 15.3. The summed E-state index contributed by atoms with van der Waals surface area (Å²) in [6, 6.07) is 6.11. The van der Waals surface area contributed by atoms with Gasteiger partial charge in [0.05, 0.1) is 23.6 Å². The van der Waals surface area contributed by atoms with Gasteiger partial charge in [-0.2, -0.15) is 10.2 Å². The molecule has 92 valence electrons. The smallest absolute Gasteiger partial charge is 0.0881 e. The van der Waals surface area contributed by atoms with Gasteiger partial charge in [-0.1, -0.05) is 12.1 Å². The van der Waals surface area contributed by atoms with Crippen molar-refractivity contribution in [2.45, 2.75) is 20.0 Å². The largest absolute Gasteiger partial charge is 0.379 e. The van der Waals surface area contributed by atoms with Gasteiger partial charge in [-0.25, -0.2) is 0 Å². The van der Waals surface area contributed by atoms with E-state index >= 15 is 0 Å². The van der Waals surface area contributed by atoms with E-state index in [-0.39, 0.29) is 0 Å². The maximum atomic E-state index is 4.26.